The maximum absolute atomic E-state index is 13.4. The predicted molar refractivity (Wildman–Crippen MR) is 67.4 cm³/mol. The third-order valence-electron chi connectivity index (χ3n) is 3.00. The van der Waals surface area contributed by atoms with Gasteiger partial charge in [0.1, 0.15) is 5.82 Å². The Balaban J connectivity index is 1.95. The van der Waals surface area contributed by atoms with E-state index in [1.54, 1.807) is 12.1 Å². The highest BCUT2D eigenvalue weighted by molar-refractivity contribution is 9.10. The molecule has 0 radical (unpaired) electrons. The molecule has 0 spiro atoms. The average molecular weight is 312 g/mol. The summed E-state index contributed by atoms with van der Waals surface area (Å²) in [6.45, 7) is 0.970. The lowest BCUT2D eigenvalue weighted by Gasteiger charge is -2.02. The van der Waals surface area contributed by atoms with Crippen LogP contribution in [0, 0.1) is 5.82 Å². The first-order chi connectivity index (χ1) is 8.75. The number of aromatic nitrogens is 2. The summed E-state index contributed by atoms with van der Waals surface area (Å²) in [5.41, 5.74) is 0.576. The highest BCUT2D eigenvalue weighted by Crippen LogP contribution is 2.30. The lowest BCUT2D eigenvalue weighted by molar-refractivity contribution is 0.412. The molecule has 1 aromatic carbocycles. The number of nitrogens with zero attached hydrogens (tertiary/aromatic N) is 2. The predicted octanol–water partition coefficient (Wildman–Crippen LogP) is 3.06. The average Bonchev–Trinajstić information content (AvgIpc) is 3.01. The molecular formula is C12H11BrFN3O. The van der Waals surface area contributed by atoms with Crippen molar-refractivity contribution in [3.8, 4) is 11.5 Å². The molecule has 18 heavy (non-hydrogen) atoms. The molecule has 6 heteroatoms. The van der Waals surface area contributed by atoms with Crippen molar-refractivity contribution < 1.29 is 8.91 Å². The van der Waals surface area contributed by atoms with E-state index in [2.05, 4.69) is 31.4 Å². The minimum absolute atomic E-state index is 0.148. The van der Waals surface area contributed by atoms with Crippen LogP contribution in [0.5, 0.6) is 0 Å². The van der Waals surface area contributed by atoms with Gasteiger partial charge < -0.3 is 9.84 Å². The lowest BCUT2D eigenvalue weighted by Crippen LogP contribution is -2.14. The van der Waals surface area contributed by atoms with E-state index < -0.39 is 0 Å². The summed E-state index contributed by atoms with van der Waals surface area (Å²) in [5, 5.41) is 7.25. The Labute approximate surface area is 112 Å². The summed E-state index contributed by atoms with van der Waals surface area (Å²) >= 11 is 3.19. The molecule has 3 rings (SSSR count). The lowest BCUT2D eigenvalue weighted by atomic mass is 10.2. The quantitative estimate of drug-likeness (QED) is 0.926. The van der Waals surface area contributed by atoms with Crippen molar-refractivity contribution in [2.75, 3.05) is 6.54 Å². The fourth-order valence-corrected chi connectivity index (χ4v) is 2.49. The van der Waals surface area contributed by atoms with Crippen LogP contribution < -0.4 is 5.32 Å². The van der Waals surface area contributed by atoms with Crippen LogP contribution >= 0.6 is 15.9 Å². The van der Waals surface area contributed by atoms with Crippen LogP contribution in [0.15, 0.2) is 27.2 Å². The third-order valence-corrected chi connectivity index (χ3v) is 3.80. The minimum atomic E-state index is -0.341. The SMILES string of the molecule is Fc1cccc(-c2nc(C3CCCN3)no2)c1Br. The maximum Gasteiger partial charge on any atom is 0.259 e. The van der Waals surface area contributed by atoms with Crippen molar-refractivity contribution in [1.29, 1.82) is 0 Å². The highest BCUT2D eigenvalue weighted by atomic mass is 79.9. The molecular weight excluding hydrogens is 301 g/mol. The second-order valence-corrected chi connectivity index (χ2v) is 5.00. The van der Waals surface area contributed by atoms with Gasteiger partial charge in [-0.05, 0) is 47.4 Å². The maximum atomic E-state index is 13.4. The molecule has 0 amide bonds. The van der Waals surface area contributed by atoms with Crippen molar-refractivity contribution in [2.45, 2.75) is 18.9 Å². The molecule has 1 N–H and O–H groups in total. The molecule has 0 bridgehead atoms. The summed E-state index contributed by atoms with van der Waals surface area (Å²) in [7, 11) is 0. The van der Waals surface area contributed by atoms with Crippen LogP contribution in [0.2, 0.25) is 0 Å². The molecule has 0 saturated carbocycles. The zero-order valence-corrected chi connectivity index (χ0v) is 11.1. The molecule has 0 aliphatic carbocycles. The fourth-order valence-electron chi connectivity index (χ4n) is 2.06. The van der Waals surface area contributed by atoms with Gasteiger partial charge in [-0.2, -0.15) is 4.98 Å². The molecule has 1 saturated heterocycles. The van der Waals surface area contributed by atoms with Gasteiger partial charge in [0.25, 0.3) is 5.89 Å². The molecule has 1 fully saturated rings. The van der Waals surface area contributed by atoms with Gasteiger partial charge in [0.15, 0.2) is 5.82 Å². The molecule has 94 valence electrons. The van der Waals surface area contributed by atoms with Gasteiger partial charge in [-0.15, -0.1) is 0 Å². The number of hydrogen-bond acceptors (Lipinski definition) is 4. The zero-order valence-electron chi connectivity index (χ0n) is 9.49. The topological polar surface area (TPSA) is 51.0 Å². The van der Waals surface area contributed by atoms with Crippen LogP contribution in [-0.4, -0.2) is 16.7 Å². The van der Waals surface area contributed by atoms with Crippen LogP contribution in [-0.2, 0) is 0 Å². The summed E-state index contributed by atoms with van der Waals surface area (Å²) in [5.74, 6) is 0.634. The van der Waals surface area contributed by atoms with Gasteiger partial charge in [0, 0.05) is 0 Å². The second-order valence-electron chi connectivity index (χ2n) is 4.21. The fraction of sp³-hybridized carbons (Fsp3) is 0.333. The summed E-state index contributed by atoms with van der Waals surface area (Å²) in [6, 6.07) is 4.89. The highest BCUT2D eigenvalue weighted by Gasteiger charge is 2.23. The first-order valence-electron chi connectivity index (χ1n) is 5.77. The van der Waals surface area contributed by atoms with Gasteiger partial charge in [-0.1, -0.05) is 11.2 Å². The Bertz CT molecular complexity index is 566. The molecule has 1 unspecified atom stereocenters. The van der Waals surface area contributed by atoms with Crippen molar-refractivity contribution in [3.05, 3.63) is 34.3 Å². The van der Waals surface area contributed by atoms with E-state index >= 15 is 0 Å². The molecule has 2 aromatic rings. The monoisotopic (exact) mass is 311 g/mol. The van der Waals surface area contributed by atoms with E-state index in [0.717, 1.165) is 19.4 Å². The molecule has 1 atom stereocenters. The number of halogens is 2. The Morgan fingerprint density at radius 1 is 1.44 bits per heavy atom. The standard InChI is InChI=1S/C12H11BrFN3O/c13-10-7(3-1-4-8(10)14)12-16-11(17-18-12)9-5-2-6-15-9/h1,3-4,9,15H,2,5-6H2. The van der Waals surface area contributed by atoms with Gasteiger partial charge >= 0.3 is 0 Å². The van der Waals surface area contributed by atoms with Crippen molar-refractivity contribution in [3.63, 3.8) is 0 Å². The van der Waals surface area contributed by atoms with E-state index in [9.17, 15) is 4.39 Å². The Kier molecular flexibility index (Phi) is 3.13. The van der Waals surface area contributed by atoms with E-state index in [-0.39, 0.29) is 11.9 Å². The molecule has 2 heterocycles. The van der Waals surface area contributed by atoms with Gasteiger partial charge in [-0.3, -0.25) is 0 Å². The smallest absolute Gasteiger partial charge is 0.259 e. The van der Waals surface area contributed by atoms with E-state index in [1.165, 1.54) is 6.07 Å². The molecule has 1 aromatic heterocycles. The number of hydrogen-bond donors (Lipinski definition) is 1. The van der Waals surface area contributed by atoms with Crippen molar-refractivity contribution in [2.24, 2.45) is 0 Å². The van der Waals surface area contributed by atoms with E-state index in [0.29, 0.717) is 21.8 Å². The number of benzene rings is 1. The summed E-state index contributed by atoms with van der Waals surface area (Å²) in [6.07, 6.45) is 2.11. The van der Waals surface area contributed by atoms with Crippen LogP contribution in [0.3, 0.4) is 0 Å². The minimum Gasteiger partial charge on any atom is -0.334 e. The van der Waals surface area contributed by atoms with Gasteiger partial charge in [0.2, 0.25) is 0 Å². The van der Waals surface area contributed by atoms with Gasteiger partial charge in [0.05, 0.1) is 16.1 Å². The van der Waals surface area contributed by atoms with Crippen molar-refractivity contribution >= 4 is 15.9 Å². The Morgan fingerprint density at radius 2 is 2.33 bits per heavy atom. The first kappa shape index (κ1) is 11.8. The molecule has 1 aliphatic rings. The van der Waals surface area contributed by atoms with Crippen LogP contribution in [0.1, 0.15) is 24.7 Å². The first-order valence-corrected chi connectivity index (χ1v) is 6.56. The van der Waals surface area contributed by atoms with E-state index in [1.807, 2.05) is 0 Å². The Morgan fingerprint density at radius 3 is 3.11 bits per heavy atom. The van der Waals surface area contributed by atoms with Crippen LogP contribution in [0.4, 0.5) is 4.39 Å². The Hall–Kier alpha value is -1.27. The number of nitrogens with one attached hydrogen (secondary N) is 1. The normalized spacial score (nSPS) is 19.3. The van der Waals surface area contributed by atoms with E-state index in [4.69, 9.17) is 4.52 Å². The third kappa shape index (κ3) is 2.06. The summed E-state index contributed by atoms with van der Waals surface area (Å²) < 4.78 is 19.0. The van der Waals surface area contributed by atoms with Crippen molar-refractivity contribution in [1.82, 2.24) is 15.5 Å². The zero-order chi connectivity index (χ0) is 12.5. The largest absolute Gasteiger partial charge is 0.334 e. The number of rotatable bonds is 2. The van der Waals surface area contributed by atoms with Gasteiger partial charge in [-0.25, -0.2) is 4.39 Å². The molecule has 1 aliphatic heterocycles. The molecule has 4 nitrogen and oxygen atoms in total. The second kappa shape index (κ2) is 4.78. The van der Waals surface area contributed by atoms with Crippen LogP contribution in [0.25, 0.3) is 11.5 Å². The summed E-state index contributed by atoms with van der Waals surface area (Å²) in [4.78, 5) is 4.33.